The van der Waals surface area contributed by atoms with Crippen molar-refractivity contribution in [2.75, 3.05) is 13.2 Å². The molecule has 0 saturated carbocycles. The Morgan fingerprint density at radius 2 is 0.500 bits per heavy atom. The fourth-order valence-electron chi connectivity index (χ4n) is 9.36. The van der Waals surface area contributed by atoms with Crippen LogP contribution in [-0.2, 0) is 28.6 Å². The minimum Gasteiger partial charge on any atom is -0.462 e. The number of unbranched alkanes of at least 4 members (excludes halogenated alkanes) is 33. The van der Waals surface area contributed by atoms with Crippen molar-refractivity contribution >= 4 is 17.9 Å². The van der Waals surface area contributed by atoms with Gasteiger partial charge in [0.05, 0.1) is 0 Å². The molecule has 0 bridgehead atoms. The van der Waals surface area contributed by atoms with Gasteiger partial charge < -0.3 is 14.2 Å². The number of hydrogen-bond donors (Lipinski definition) is 0. The maximum absolute atomic E-state index is 12.9. The average molecular weight is 1090 g/mol. The van der Waals surface area contributed by atoms with Crippen molar-refractivity contribution in [2.45, 2.75) is 329 Å². The van der Waals surface area contributed by atoms with Crippen molar-refractivity contribution in [1.82, 2.24) is 0 Å². The molecular weight excluding hydrogens is 961 g/mol. The fraction of sp³-hybridized carbons (Fsp3) is 0.736. The molecule has 0 aliphatic carbocycles. The Hall–Kier alpha value is -3.67. The van der Waals surface area contributed by atoms with Crippen LogP contribution in [-0.4, -0.2) is 37.2 Å². The molecule has 0 radical (unpaired) electrons. The van der Waals surface area contributed by atoms with Gasteiger partial charge in [-0.3, -0.25) is 14.4 Å². The molecule has 0 N–H and O–H groups in total. The Morgan fingerprint density at radius 1 is 0.269 bits per heavy atom. The summed E-state index contributed by atoms with van der Waals surface area (Å²) in [5.41, 5.74) is 0. The molecule has 6 nitrogen and oxygen atoms in total. The minimum atomic E-state index is -0.795. The van der Waals surface area contributed by atoms with Gasteiger partial charge in [0.1, 0.15) is 13.2 Å². The molecule has 0 spiro atoms. The summed E-state index contributed by atoms with van der Waals surface area (Å²) in [6.45, 7) is 6.51. The van der Waals surface area contributed by atoms with Gasteiger partial charge in [0, 0.05) is 19.3 Å². The van der Waals surface area contributed by atoms with E-state index in [1.807, 2.05) is 0 Å². The fourth-order valence-corrected chi connectivity index (χ4v) is 9.36. The Balaban J connectivity index is 4.38. The molecule has 0 aliphatic heterocycles. The Morgan fingerprint density at radius 3 is 0.821 bits per heavy atom. The third kappa shape index (κ3) is 63.2. The van der Waals surface area contributed by atoms with Crippen molar-refractivity contribution < 1.29 is 28.6 Å². The largest absolute Gasteiger partial charge is 0.462 e. The lowest BCUT2D eigenvalue weighted by Crippen LogP contribution is -2.30. The zero-order valence-corrected chi connectivity index (χ0v) is 51.4. The molecule has 1 atom stereocenters. The quantitative estimate of drug-likeness (QED) is 0.0261. The highest BCUT2D eigenvalue weighted by Gasteiger charge is 2.19. The summed E-state index contributed by atoms with van der Waals surface area (Å²) in [5.74, 6) is -0.919. The molecule has 0 fully saturated rings. The van der Waals surface area contributed by atoms with Gasteiger partial charge in [0.25, 0.3) is 0 Å². The van der Waals surface area contributed by atoms with Crippen molar-refractivity contribution in [3.05, 3.63) is 97.2 Å². The van der Waals surface area contributed by atoms with E-state index in [-0.39, 0.29) is 31.1 Å². The molecule has 0 saturated heterocycles. The number of rotatable bonds is 60. The SMILES string of the molecule is CC/C=C\C/C=C\C/C=C\C/C=C\C/C=C\C/C=C\C/C=C\CCCCCC(=O)OCC(COC(=O)CCCCCCC/C=C\CCCCCC)OC(=O)CCCCCCCCCCCCCCCCCCCCCCCC. The van der Waals surface area contributed by atoms with Crippen LogP contribution in [0.2, 0.25) is 0 Å². The van der Waals surface area contributed by atoms with Crippen LogP contribution in [0.5, 0.6) is 0 Å². The maximum atomic E-state index is 12.9. The lowest BCUT2D eigenvalue weighted by Gasteiger charge is -2.18. The van der Waals surface area contributed by atoms with Crippen LogP contribution in [0.1, 0.15) is 323 Å². The number of hydrogen-bond acceptors (Lipinski definition) is 6. The van der Waals surface area contributed by atoms with Crippen LogP contribution < -0.4 is 0 Å². The summed E-state index contributed by atoms with van der Waals surface area (Å²) >= 11 is 0. The first kappa shape index (κ1) is 74.3. The number of allylic oxidation sites excluding steroid dienone is 16. The second kappa shape index (κ2) is 65.8. The van der Waals surface area contributed by atoms with E-state index in [0.717, 1.165) is 116 Å². The lowest BCUT2D eigenvalue weighted by molar-refractivity contribution is -0.167. The summed E-state index contributed by atoms with van der Waals surface area (Å²) in [6, 6.07) is 0. The van der Waals surface area contributed by atoms with Crippen molar-refractivity contribution in [2.24, 2.45) is 0 Å². The molecule has 0 rings (SSSR count). The molecule has 0 aliphatic rings. The van der Waals surface area contributed by atoms with Gasteiger partial charge in [-0.15, -0.1) is 0 Å². The van der Waals surface area contributed by atoms with E-state index in [0.29, 0.717) is 19.3 Å². The Kier molecular flexibility index (Phi) is 62.7. The predicted molar refractivity (Wildman–Crippen MR) is 339 cm³/mol. The molecule has 0 aromatic carbocycles. The van der Waals surface area contributed by atoms with E-state index in [4.69, 9.17) is 14.2 Å². The summed E-state index contributed by atoms with van der Waals surface area (Å²) in [5, 5.41) is 0. The molecule has 78 heavy (non-hydrogen) atoms. The topological polar surface area (TPSA) is 78.9 Å². The molecule has 0 aromatic heterocycles. The molecule has 448 valence electrons. The zero-order valence-electron chi connectivity index (χ0n) is 51.4. The van der Waals surface area contributed by atoms with E-state index in [1.54, 1.807) is 0 Å². The predicted octanol–water partition coefficient (Wildman–Crippen LogP) is 22.8. The van der Waals surface area contributed by atoms with Crippen LogP contribution in [0, 0.1) is 0 Å². The smallest absolute Gasteiger partial charge is 0.306 e. The van der Waals surface area contributed by atoms with Crippen LogP contribution in [0.25, 0.3) is 0 Å². The van der Waals surface area contributed by atoms with Gasteiger partial charge in [-0.2, -0.15) is 0 Å². The van der Waals surface area contributed by atoms with Gasteiger partial charge in [-0.05, 0) is 103 Å². The summed E-state index contributed by atoms with van der Waals surface area (Å²) in [7, 11) is 0. The third-order valence-corrected chi connectivity index (χ3v) is 14.3. The maximum Gasteiger partial charge on any atom is 0.306 e. The highest BCUT2D eigenvalue weighted by molar-refractivity contribution is 5.71. The van der Waals surface area contributed by atoms with Crippen LogP contribution in [0.3, 0.4) is 0 Å². The summed E-state index contributed by atoms with van der Waals surface area (Å²) < 4.78 is 16.9. The lowest BCUT2D eigenvalue weighted by atomic mass is 10.0. The first-order chi connectivity index (χ1) is 38.5. The first-order valence-electron chi connectivity index (χ1n) is 33.2. The highest BCUT2D eigenvalue weighted by atomic mass is 16.6. The number of esters is 3. The molecule has 0 aromatic rings. The second-order valence-electron chi connectivity index (χ2n) is 22.0. The van der Waals surface area contributed by atoms with E-state index in [9.17, 15) is 14.4 Å². The van der Waals surface area contributed by atoms with E-state index >= 15 is 0 Å². The number of carbonyl (C=O) groups is 3. The Labute approximate surface area is 483 Å². The van der Waals surface area contributed by atoms with E-state index < -0.39 is 6.10 Å². The summed E-state index contributed by atoms with van der Waals surface area (Å²) in [6.07, 6.45) is 88.5. The van der Waals surface area contributed by atoms with E-state index in [2.05, 4.69) is 118 Å². The zero-order chi connectivity index (χ0) is 56.4. The molecule has 0 amide bonds. The minimum absolute atomic E-state index is 0.0904. The van der Waals surface area contributed by atoms with Crippen molar-refractivity contribution in [3.63, 3.8) is 0 Å². The normalized spacial score (nSPS) is 12.7. The number of carbonyl (C=O) groups excluding carboxylic acids is 3. The molecule has 1 unspecified atom stereocenters. The first-order valence-corrected chi connectivity index (χ1v) is 33.2. The molecular formula is C72H124O6. The second-order valence-corrected chi connectivity index (χ2v) is 22.0. The Bertz CT molecular complexity index is 1530. The van der Waals surface area contributed by atoms with Crippen molar-refractivity contribution in [1.29, 1.82) is 0 Å². The van der Waals surface area contributed by atoms with Gasteiger partial charge in [0.2, 0.25) is 0 Å². The van der Waals surface area contributed by atoms with Crippen molar-refractivity contribution in [3.8, 4) is 0 Å². The van der Waals surface area contributed by atoms with Crippen LogP contribution >= 0.6 is 0 Å². The van der Waals surface area contributed by atoms with E-state index in [1.165, 1.54) is 167 Å². The standard InChI is InChI=1S/C72H124O6/c1-4-7-10-13-16-19-22-25-27-29-31-33-35-36-37-39-40-42-44-47-50-53-56-59-62-65-71(74)77-68-69(67-76-70(73)64-61-58-55-52-49-46-24-21-18-15-12-9-6-3)78-72(75)66-63-60-57-54-51-48-45-43-41-38-34-32-30-28-26-23-20-17-14-11-8-5-2/h7,10,16,19,21,24-25,27,31,33,36-37,40,42,47,50,69H,4-6,8-9,11-15,17-18,20,22-23,26,28-30,32,34-35,38-39,41,43-46,48-49,51-68H2,1-3H3/b10-7-,19-16-,24-21-,27-25-,33-31-,37-36-,42-40-,50-47-. The van der Waals surface area contributed by atoms with Gasteiger partial charge in [-0.25, -0.2) is 0 Å². The number of ether oxygens (including phenoxy) is 3. The third-order valence-electron chi connectivity index (χ3n) is 14.3. The molecule has 6 heteroatoms. The monoisotopic (exact) mass is 1080 g/mol. The van der Waals surface area contributed by atoms with Gasteiger partial charge in [-0.1, -0.05) is 298 Å². The highest BCUT2D eigenvalue weighted by Crippen LogP contribution is 2.17. The van der Waals surface area contributed by atoms with Crippen LogP contribution in [0.15, 0.2) is 97.2 Å². The average Bonchev–Trinajstić information content (AvgIpc) is 3.44. The summed E-state index contributed by atoms with van der Waals surface area (Å²) in [4.78, 5) is 38.3. The van der Waals surface area contributed by atoms with Crippen LogP contribution in [0.4, 0.5) is 0 Å². The molecule has 0 heterocycles. The van der Waals surface area contributed by atoms with Gasteiger partial charge >= 0.3 is 17.9 Å². The van der Waals surface area contributed by atoms with Gasteiger partial charge in [0.15, 0.2) is 6.10 Å².